The average molecular weight is 230 g/mol. The van der Waals surface area contributed by atoms with Gasteiger partial charge in [-0.15, -0.1) is 0 Å². The third-order valence-electron chi connectivity index (χ3n) is 2.71. The normalized spacial score (nSPS) is 14.5. The van der Waals surface area contributed by atoms with E-state index in [-0.39, 0.29) is 18.0 Å². The van der Waals surface area contributed by atoms with Crippen LogP contribution in [0.1, 0.15) is 53.4 Å². The molecule has 0 aliphatic heterocycles. The fourth-order valence-corrected chi connectivity index (χ4v) is 1.28. The van der Waals surface area contributed by atoms with Crippen LogP contribution in [0.2, 0.25) is 0 Å². The molecule has 0 N–H and O–H groups in total. The number of esters is 1. The van der Waals surface area contributed by atoms with E-state index in [2.05, 4.69) is 13.8 Å². The number of hydrogen-bond donors (Lipinski definition) is 0. The van der Waals surface area contributed by atoms with Crippen LogP contribution in [0, 0.1) is 5.92 Å². The summed E-state index contributed by atoms with van der Waals surface area (Å²) in [6.45, 7) is 8.97. The molecule has 96 valence electrons. The fraction of sp³-hybridized carbons (Fsp3) is 0.923. The Morgan fingerprint density at radius 3 is 2.44 bits per heavy atom. The Morgan fingerprint density at radius 2 is 1.88 bits per heavy atom. The maximum Gasteiger partial charge on any atom is 0.308 e. The quantitative estimate of drug-likeness (QED) is 0.451. The molecule has 0 spiro atoms. The zero-order valence-electron chi connectivity index (χ0n) is 11.1. The van der Waals surface area contributed by atoms with E-state index in [4.69, 9.17) is 9.47 Å². The van der Waals surface area contributed by atoms with Gasteiger partial charge in [-0.05, 0) is 19.8 Å². The molecule has 0 fully saturated rings. The Kier molecular flexibility index (Phi) is 9.30. The summed E-state index contributed by atoms with van der Waals surface area (Å²) in [5.74, 6) is -0.121. The minimum Gasteiger partial charge on any atom is -0.463 e. The maximum absolute atomic E-state index is 11.3. The molecular weight excluding hydrogens is 204 g/mol. The van der Waals surface area contributed by atoms with Crippen molar-refractivity contribution in [2.24, 2.45) is 5.92 Å². The van der Waals surface area contributed by atoms with Gasteiger partial charge in [0.1, 0.15) is 6.61 Å². The Morgan fingerprint density at radius 1 is 1.19 bits per heavy atom. The number of rotatable bonds is 9. The zero-order chi connectivity index (χ0) is 12.4. The highest BCUT2D eigenvalue weighted by Crippen LogP contribution is 2.05. The van der Waals surface area contributed by atoms with Crippen LogP contribution in [0.25, 0.3) is 0 Å². The molecule has 2 atom stereocenters. The van der Waals surface area contributed by atoms with Crippen molar-refractivity contribution in [1.29, 1.82) is 0 Å². The molecule has 2 unspecified atom stereocenters. The molecule has 0 saturated heterocycles. The van der Waals surface area contributed by atoms with Gasteiger partial charge in [0.2, 0.25) is 0 Å². The molecule has 3 heteroatoms. The van der Waals surface area contributed by atoms with Crippen LogP contribution in [-0.2, 0) is 14.3 Å². The largest absolute Gasteiger partial charge is 0.463 e. The summed E-state index contributed by atoms with van der Waals surface area (Å²) in [4.78, 5) is 11.3. The minimum atomic E-state index is -0.118. The summed E-state index contributed by atoms with van der Waals surface area (Å²) < 4.78 is 10.6. The van der Waals surface area contributed by atoms with Crippen LogP contribution < -0.4 is 0 Å². The molecule has 0 aliphatic carbocycles. The van der Waals surface area contributed by atoms with Gasteiger partial charge in [-0.1, -0.05) is 33.6 Å². The van der Waals surface area contributed by atoms with Crippen molar-refractivity contribution in [3.05, 3.63) is 0 Å². The highest BCUT2D eigenvalue weighted by atomic mass is 16.6. The van der Waals surface area contributed by atoms with E-state index in [1.54, 1.807) is 0 Å². The second kappa shape index (κ2) is 9.64. The number of carbonyl (C=O) groups is 1. The van der Waals surface area contributed by atoms with Gasteiger partial charge in [0.15, 0.2) is 0 Å². The number of carbonyl (C=O) groups excluding carboxylic acids is 1. The van der Waals surface area contributed by atoms with Crippen LogP contribution >= 0.6 is 0 Å². The van der Waals surface area contributed by atoms with E-state index in [1.165, 1.54) is 12.8 Å². The topological polar surface area (TPSA) is 35.5 Å². The third kappa shape index (κ3) is 7.69. The first-order valence-corrected chi connectivity index (χ1v) is 6.40. The number of unbranched alkanes of at least 4 members (excludes halogenated alkanes) is 1. The van der Waals surface area contributed by atoms with Gasteiger partial charge in [-0.2, -0.15) is 0 Å². The molecule has 0 rings (SSSR count). The summed E-state index contributed by atoms with van der Waals surface area (Å²) >= 11 is 0. The van der Waals surface area contributed by atoms with Crippen molar-refractivity contribution < 1.29 is 14.3 Å². The van der Waals surface area contributed by atoms with E-state index >= 15 is 0 Å². The van der Waals surface area contributed by atoms with Gasteiger partial charge < -0.3 is 9.47 Å². The van der Waals surface area contributed by atoms with E-state index in [0.717, 1.165) is 12.8 Å². The second-order valence-corrected chi connectivity index (χ2v) is 4.30. The molecular formula is C13H26O3. The summed E-state index contributed by atoms with van der Waals surface area (Å²) in [5.41, 5.74) is 0. The lowest BCUT2D eigenvalue weighted by Gasteiger charge is -2.13. The third-order valence-corrected chi connectivity index (χ3v) is 2.71. The molecule has 0 aliphatic rings. The minimum absolute atomic E-state index is 0.00230. The average Bonchev–Trinajstić information content (AvgIpc) is 2.30. The molecule has 0 aromatic carbocycles. The van der Waals surface area contributed by atoms with Crippen LogP contribution in [-0.4, -0.2) is 25.3 Å². The lowest BCUT2D eigenvalue weighted by atomic mass is 10.1. The van der Waals surface area contributed by atoms with Crippen molar-refractivity contribution in [2.45, 2.75) is 59.5 Å². The van der Waals surface area contributed by atoms with Crippen LogP contribution in [0.5, 0.6) is 0 Å². The van der Waals surface area contributed by atoms with Gasteiger partial charge in [0.05, 0.1) is 18.6 Å². The molecule has 0 aromatic rings. The molecule has 0 amide bonds. The highest BCUT2D eigenvalue weighted by Gasteiger charge is 2.11. The monoisotopic (exact) mass is 230 g/mol. The molecule has 0 heterocycles. The van der Waals surface area contributed by atoms with Crippen LogP contribution in [0.15, 0.2) is 0 Å². The maximum atomic E-state index is 11.3. The van der Waals surface area contributed by atoms with Gasteiger partial charge in [0, 0.05) is 0 Å². The van der Waals surface area contributed by atoms with Crippen molar-refractivity contribution in [3.63, 3.8) is 0 Å². The van der Waals surface area contributed by atoms with Gasteiger partial charge >= 0.3 is 5.97 Å². The standard InChI is InChI=1S/C13H26O3/c1-5-7-8-12(4)15-9-10-16-13(14)11(3)6-2/h11-12H,5-10H2,1-4H3. The van der Waals surface area contributed by atoms with Crippen molar-refractivity contribution in [2.75, 3.05) is 13.2 Å². The van der Waals surface area contributed by atoms with Crippen molar-refractivity contribution >= 4 is 5.97 Å². The lowest BCUT2D eigenvalue weighted by Crippen LogP contribution is -2.19. The molecule has 0 radical (unpaired) electrons. The Hall–Kier alpha value is -0.570. The molecule has 0 bridgehead atoms. The fourth-order valence-electron chi connectivity index (χ4n) is 1.28. The van der Waals surface area contributed by atoms with E-state index in [0.29, 0.717) is 13.2 Å². The van der Waals surface area contributed by atoms with Gasteiger partial charge in [-0.3, -0.25) is 4.79 Å². The molecule has 0 aromatic heterocycles. The predicted molar refractivity (Wildman–Crippen MR) is 65.4 cm³/mol. The summed E-state index contributed by atoms with van der Waals surface area (Å²) in [6.07, 6.45) is 4.55. The molecule has 0 saturated carbocycles. The second-order valence-electron chi connectivity index (χ2n) is 4.30. The highest BCUT2D eigenvalue weighted by molar-refractivity contribution is 5.71. The summed E-state index contributed by atoms with van der Waals surface area (Å²) in [6, 6.07) is 0. The van der Waals surface area contributed by atoms with Crippen molar-refractivity contribution in [1.82, 2.24) is 0 Å². The van der Waals surface area contributed by atoms with Crippen molar-refractivity contribution in [3.8, 4) is 0 Å². The summed E-state index contributed by atoms with van der Waals surface area (Å²) in [7, 11) is 0. The lowest BCUT2D eigenvalue weighted by molar-refractivity contribution is -0.150. The molecule has 16 heavy (non-hydrogen) atoms. The SMILES string of the molecule is CCCCC(C)OCCOC(=O)C(C)CC. The Bertz CT molecular complexity index is 180. The first kappa shape index (κ1) is 15.4. The smallest absolute Gasteiger partial charge is 0.308 e. The van der Waals surface area contributed by atoms with E-state index in [1.807, 2.05) is 13.8 Å². The van der Waals surface area contributed by atoms with E-state index < -0.39 is 0 Å². The van der Waals surface area contributed by atoms with E-state index in [9.17, 15) is 4.79 Å². The first-order chi connectivity index (χ1) is 7.61. The Labute approximate surface area is 99.5 Å². The summed E-state index contributed by atoms with van der Waals surface area (Å²) in [5, 5.41) is 0. The first-order valence-electron chi connectivity index (χ1n) is 6.40. The van der Waals surface area contributed by atoms with Crippen LogP contribution in [0.3, 0.4) is 0 Å². The Balaban J connectivity index is 3.42. The molecule has 3 nitrogen and oxygen atoms in total. The number of hydrogen-bond acceptors (Lipinski definition) is 3. The number of ether oxygens (including phenoxy) is 2. The van der Waals surface area contributed by atoms with Gasteiger partial charge in [0.25, 0.3) is 0 Å². The predicted octanol–water partition coefficient (Wildman–Crippen LogP) is 3.17. The zero-order valence-corrected chi connectivity index (χ0v) is 11.1. The van der Waals surface area contributed by atoms with Crippen LogP contribution in [0.4, 0.5) is 0 Å². The van der Waals surface area contributed by atoms with Gasteiger partial charge in [-0.25, -0.2) is 0 Å².